The number of benzene rings is 2. The molecule has 0 atom stereocenters. The van der Waals surface area contributed by atoms with Gasteiger partial charge in [0.1, 0.15) is 10.6 Å². The van der Waals surface area contributed by atoms with E-state index in [1.165, 1.54) is 12.1 Å². The third kappa shape index (κ3) is 3.70. The summed E-state index contributed by atoms with van der Waals surface area (Å²) in [6.07, 6.45) is 0. The quantitative estimate of drug-likeness (QED) is 0.410. The predicted octanol–water partition coefficient (Wildman–Crippen LogP) is 4.43. The van der Waals surface area contributed by atoms with E-state index in [1.807, 2.05) is 0 Å². The van der Waals surface area contributed by atoms with E-state index in [2.05, 4.69) is 15.9 Å². The van der Waals surface area contributed by atoms with Crippen molar-refractivity contribution in [1.29, 1.82) is 0 Å². The lowest BCUT2D eigenvalue weighted by Gasteiger charge is -2.10. The van der Waals surface area contributed by atoms with Crippen LogP contribution in [0.4, 0.5) is 5.69 Å². The number of halogens is 3. The van der Waals surface area contributed by atoms with Crippen molar-refractivity contribution in [3.05, 3.63) is 61.0 Å². The highest BCUT2D eigenvalue weighted by Crippen LogP contribution is 2.34. The van der Waals surface area contributed by atoms with Crippen molar-refractivity contribution in [2.75, 3.05) is 0 Å². The summed E-state index contributed by atoms with van der Waals surface area (Å²) in [5.41, 5.74) is -0.190. The zero-order chi connectivity index (χ0) is 16.5. The fraction of sp³-hybridized carbons (Fsp3) is 0. The molecule has 116 valence electrons. The molecule has 0 unspecified atom stereocenters. The third-order valence-electron chi connectivity index (χ3n) is 2.47. The van der Waals surface area contributed by atoms with Crippen molar-refractivity contribution in [3.63, 3.8) is 0 Å². The van der Waals surface area contributed by atoms with E-state index in [9.17, 15) is 18.5 Å². The van der Waals surface area contributed by atoms with Crippen molar-refractivity contribution in [1.82, 2.24) is 0 Å². The first-order valence-corrected chi connectivity index (χ1v) is 8.50. The molecule has 6 nitrogen and oxygen atoms in total. The van der Waals surface area contributed by atoms with Crippen molar-refractivity contribution in [2.24, 2.45) is 0 Å². The van der Waals surface area contributed by atoms with Gasteiger partial charge in [-0.25, -0.2) is 0 Å². The molecule has 0 saturated heterocycles. The molecular formula is C12H6BrCl2NO5S. The highest BCUT2D eigenvalue weighted by Gasteiger charge is 2.25. The molecule has 2 aromatic carbocycles. The van der Waals surface area contributed by atoms with Crippen LogP contribution in [0.2, 0.25) is 10.0 Å². The zero-order valence-corrected chi connectivity index (χ0v) is 14.4. The Labute approximate surface area is 144 Å². The molecule has 0 bridgehead atoms. The van der Waals surface area contributed by atoms with Gasteiger partial charge in [-0.05, 0) is 24.3 Å². The lowest BCUT2D eigenvalue weighted by molar-refractivity contribution is -0.384. The van der Waals surface area contributed by atoms with Crippen LogP contribution in [0.25, 0.3) is 0 Å². The second-order valence-electron chi connectivity index (χ2n) is 3.99. The maximum absolute atomic E-state index is 12.2. The SMILES string of the molecule is O=[N+]([O-])c1ccc(OS(=O)(=O)c2c(Cl)cc(Br)cc2Cl)cc1. The molecule has 0 aliphatic carbocycles. The lowest BCUT2D eigenvalue weighted by atomic mass is 10.3. The summed E-state index contributed by atoms with van der Waals surface area (Å²) in [4.78, 5) is 9.56. The number of hydrogen-bond acceptors (Lipinski definition) is 5. The maximum Gasteiger partial charge on any atom is 0.342 e. The normalized spacial score (nSPS) is 11.2. The largest absolute Gasteiger partial charge is 0.379 e. The molecule has 0 spiro atoms. The molecule has 0 aliphatic heterocycles. The Kier molecular flexibility index (Phi) is 4.96. The van der Waals surface area contributed by atoms with Gasteiger partial charge < -0.3 is 4.18 Å². The summed E-state index contributed by atoms with van der Waals surface area (Å²) in [5, 5.41) is 10.3. The Bertz CT molecular complexity index is 816. The minimum absolute atomic E-state index is 0.0966. The molecular weight excluding hydrogens is 421 g/mol. The molecule has 0 fully saturated rings. The Morgan fingerprint density at radius 1 is 1.09 bits per heavy atom. The minimum Gasteiger partial charge on any atom is -0.379 e. The minimum atomic E-state index is -4.28. The van der Waals surface area contributed by atoms with Gasteiger partial charge in [-0.1, -0.05) is 39.1 Å². The Hall–Kier alpha value is -1.35. The molecule has 0 radical (unpaired) electrons. The second-order valence-corrected chi connectivity index (χ2v) is 7.20. The molecule has 2 rings (SSSR count). The van der Waals surface area contributed by atoms with Crippen LogP contribution in [-0.4, -0.2) is 13.3 Å². The predicted molar refractivity (Wildman–Crippen MR) is 85.1 cm³/mol. The number of hydrogen-bond donors (Lipinski definition) is 0. The van der Waals surface area contributed by atoms with Gasteiger partial charge >= 0.3 is 10.1 Å². The molecule has 10 heteroatoms. The van der Waals surface area contributed by atoms with Gasteiger partial charge in [0, 0.05) is 16.6 Å². The molecule has 22 heavy (non-hydrogen) atoms. The number of nitro benzene ring substituents is 1. The van der Waals surface area contributed by atoms with Crippen LogP contribution in [0.5, 0.6) is 5.75 Å². The van der Waals surface area contributed by atoms with Gasteiger partial charge in [0.25, 0.3) is 5.69 Å². The van der Waals surface area contributed by atoms with Crippen LogP contribution in [-0.2, 0) is 10.1 Å². The first kappa shape index (κ1) is 17.0. The van der Waals surface area contributed by atoms with E-state index in [0.29, 0.717) is 4.47 Å². The van der Waals surface area contributed by atoms with Crippen LogP contribution in [0.15, 0.2) is 45.8 Å². The van der Waals surface area contributed by atoms with Crippen molar-refractivity contribution in [2.45, 2.75) is 4.90 Å². The molecule has 0 saturated carbocycles. The van der Waals surface area contributed by atoms with Gasteiger partial charge in [0.05, 0.1) is 15.0 Å². The monoisotopic (exact) mass is 425 g/mol. The smallest absolute Gasteiger partial charge is 0.342 e. The van der Waals surface area contributed by atoms with Crippen LogP contribution in [0.1, 0.15) is 0 Å². The molecule has 0 N–H and O–H groups in total. The topological polar surface area (TPSA) is 86.5 Å². The van der Waals surface area contributed by atoms with E-state index < -0.39 is 15.0 Å². The first-order valence-electron chi connectivity index (χ1n) is 5.54. The fourth-order valence-corrected chi connectivity index (χ4v) is 4.38. The second kappa shape index (κ2) is 6.41. The first-order chi connectivity index (χ1) is 10.2. The molecule has 0 amide bonds. The molecule has 2 aromatic rings. The Balaban J connectivity index is 2.38. The van der Waals surface area contributed by atoms with E-state index in [-0.39, 0.29) is 26.4 Å². The summed E-state index contributed by atoms with van der Waals surface area (Å²) in [7, 11) is -4.28. The average Bonchev–Trinajstić information content (AvgIpc) is 2.36. The number of non-ortho nitro benzene ring substituents is 1. The zero-order valence-electron chi connectivity index (χ0n) is 10.5. The highest BCUT2D eigenvalue weighted by molar-refractivity contribution is 9.10. The van der Waals surface area contributed by atoms with E-state index in [1.54, 1.807) is 0 Å². The van der Waals surface area contributed by atoms with Gasteiger partial charge in [0.15, 0.2) is 0 Å². The summed E-state index contributed by atoms with van der Waals surface area (Å²) in [6.45, 7) is 0. The summed E-state index contributed by atoms with van der Waals surface area (Å²) >= 11 is 14.9. The molecule has 0 aromatic heterocycles. The summed E-state index contributed by atoms with van der Waals surface area (Å²) < 4.78 is 29.9. The third-order valence-corrected chi connectivity index (χ3v) is 5.10. The highest BCUT2D eigenvalue weighted by atomic mass is 79.9. The molecule has 0 heterocycles. The van der Waals surface area contributed by atoms with E-state index >= 15 is 0 Å². The number of nitro groups is 1. The van der Waals surface area contributed by atoms with Crippen LogP contribution < -0.4 is 4.18 Å². The van der Waals surface area contributed by atoms with Crippen LogP contribution in [0, 0.1) is 10.1 Å². The van der Waals surface area contributed by atoms with Crippen LogP contribution >= 0.6 is 39.1 Å². The van der Waals surface area contributed by atoms with Crippen molar-refractivity contribution < 1.29 is 17.5 Å². The van der Waals surface area contributed by atoms with Crippen molar-refractivity contribution in [3.8, 4) is 5.75 Å². The van der Waals surface area contributed by atoms with Gasteiger partial charge in [0.2, 0.25) is 0 Å². The lowest BCUT2D eigenvalue weighted by Crippen LogP contribution is -2.11. The average molecular weight is 427 g/mol. The summed E-state index contributed by atoms with van der Waals surface area (Å²) in [6, 6.07) is 7.29. The Morgan fingerprint density at radius 3 is 2.05 bits per heavy atom. The van der Waals surface area contributed by atoms with E-state index in [0.717, 1.165) is 24.3 Å². The molecule has 0 aliphatic rings. The number of nitrogens with zero attached hydrogens (tertiary/aromatic N) is 1. The maximum atomic E-state index is 12.2. The van der Waals surface area contributed by atoms with Gasteiger partial charge in [-0.2, -0.15) is 8.42 Å². The van der Waals surface area contributed by atoms with Crippen LogP contribution in [0.3, 0.4) is 0 Å². The standard InChI is InChI=1S/C12H6BrCl2NO5S/c13-7-5-10(14)12(11(15)6-7)22(19,20)21-9-3-1-8(2-4-9)16(17)18/h1-6H. The van der Waals surface area contributed by atoms with Crippen molar-refractivity contribution >= 4 is 54.9 Å². The Morgan fingerprint density at radius 2 is 1.59 bits per heavy atom. The number of rotatable bonds is 4. The van der Waals surface area contributed by atoms with Gasteiger partial charge in [-0.15, -0.1) is 0 Å². The van der Waals surface area contributed by atoms with E-state index in [4.69, 9.17) is 27.4 Å². The summed E-state index contributed by atoms with van der Waals surface area (Å²) in [5.74, 6) is -0.0966. The fourth-order valence-electron chi connectivity index (χ4n) is 1.56. The van der Waals surface area contributed by atoms with Gasteiger partial charge in [-0.3, -0.25) is 10.1 Å².